The van der Waals surface area contributed by atoms with Crippen LogP contribution in [0.2, 0.25) is 0 Å². The predicted molar refractivity (Wildman–Crippen MR) is 161 cm³/mol. The van der Waals surface area contributed by atoms with E-state index in [9.17, 15) is 24.0 Å². The Labute approximate surface area is 248 Å². The van der Waals surface area contributed by atoms with Gasteiger partial charge in [0.15, 0.2) is 0 Å². The maximum atomic E-state index is 13.0. The fourth-order valence-electron chi connectivity index (χ4n) is 3.25. The summed E-state index contributed by atoms with van der Waals surface area (Å²) in [5.74, 6) is -1.40. The normalized spacial score (nSPS) is 10.3. The minimum atomic E-state index is -1.38. The highest BCUT2D eigenvalue weighted by Crippen LogP contribution is 2.18. The van der Waals surface area contributed by atoms with Crippen LogP contribution < -0.4 is 27.0 Å². The number of urea groups is 1. The maximum Gasteiger partial charge on any atom is 0.506 e. The molecular weight excluding hydrogens is 546 g/mol. The number of aryl methyl sites for hydroxylation is 1. The van der Waals surface area contributed by atoms with Crippen LogP contribution >= 0.6 is 0 Å². The van der Waals surface area contributed by atoms with Crippen molar-refractivity contribution < 1.29 is 38.6 Å². The number of primary amides is 1. The van der Waals surface area contributed by atoms with Crippen LogP contribution in [0.3, 0.4) is 0 Å². The smallest absolute Gasteiger partial charge is 0.450 e. The highest BCUT2D eigenvalue weighted by atomic mass is 16.7. The van der Waals surface area contributed by atoms with E-state index in [0.29, 0.717) is 30.7 Å². The van der Waals surface area contributed by atoms with Gasteiger partial charge in [-0.1, -0.05) is 40.2 Å². The fourth-order valence-corrected chi connectivity index (χ4v) is 3.25. The van der Waals surface area contributed by atoms with Crippen molar-refractivity contribution in [2.24, 2.45) is 5.73 Å². The van der Waals surface area contributed by atoms with Crippen molar-refractivity contribution in [2.45, 2.75) is 78.9 Å². The number of terminal acetylenes is 1. The number of carbonyl (C=O) groups excluding carboxylic acids is 4. The zero-order chi connectivity index (χ0) is 32.3. The van der Waals surface area contributed by atoms with Gasteiger partial charge >= 0.3 is 12.2 Å². The highest BCUT2D eigenvalue weighted by Gasteiger charge is 2.21. The lowest BCUT2D eigenvalue weighted by Crippen LogP contribution is -2.47. The molecule has 13 nitrogen and oxygen atoms in total. The topological polar surface area (TPSA) is 198 Å². The summed E-state index contributed by atoms with van der Waals surface area (Å²) in [4.78, 5) is 58.8. The van der Waals surface area contributed by atoms with Gasteiger partial charge in [-0.15, -0.1) is 12.8 Å². The predicted octanol–water partition coefficient (Wildman–Crippen LogP) is 2.91. The first-order valence-corrected chi connectivity index (χ1v) is 13.9. The first-order chi connectivity index (χ1) is 20.1. The van der Waals surface area contributed by atoms with E-state index in [-0.39, 0.29) is 45.1 Å². The van der Waals surface area contributed by atoms with Gasteiger partial charge in [0.1, 0.15) is 12.6 Å². The van der Waals surface area contributed by atoms with Crippen molar-refractivity contribution in [3.63, 3.8) is 0 Å². The molecule has 0 saturated heterocycles. The zero-order valence-corrected chi connectivity index (χ0v) is 25.1. The summed E-state index contributed by atoms with van der Waals surface area (Å²) in [6.45, 7) is 8.67. The maximum absolute atomic E-state index is 13.0. The number of nitrogens with two attached hydrogens (primary N) is 1. The van der Waals surface area contributed by atoms with Crippen molar-refractivity contribution in [3.8, 4) is 12.8 Å². The van der Waals surface area contributed by atoms with Crippen LogP contribution in [0.15, 0.2) is 18.2 Å². The molecule has 7 N–H and O–H groups in total. The van der Waals surface area contributed by atoms with Crippen molar-refractivity contribution in [3.05, 3.63) is 29.3 Å². The largest absolute Gasteiger partial charge is 0.506 e. The molecule has 1 rings (SSSR count). The lowest BCUT2D eigenvalue weighted by Gasteiger charge is -2.19. The van der Waals surface area contributed by atoms with Gasteiger partial charge in [0.05, 0.1) is 13.2 Å². The molecule has 0 saturated carbocycles. The molecule has 5 amide bonds. The number of hydrogen-bond acceptors (Lipinski definition) is 7. The summed E-state index contributed by atoms with van der Waals surface area (Å²) in [6.07, 6.45) is 9.94. The van der Waals surface area contributed by atoms with E-state index >= 15 is 0 Å². The molecule has 0 aliphatic rings. The first kappa shape index (κ1) is 39.8. The Morgan fingerprint density at radius 1 is 0.976 bits per heavy atom. The minimum Gasteiger partial charge on any atom is -0.450 e. The van der Waals surface area contributed by atoms with E-state index in [4.69, 9.17) is 15.6 Å². The molecule has 1 aromatic carbocycles. The Morgan fingerprint density at radius 3 is 2.21 bits per heavy atom. The average Bonchev–Trinajstić information content (AvgIpc) is 2.96. The molecule has 0 spiro atoms. The van der Waals surface area contributed by atoms with Gasteiger partial charge < -0.3 is 41.6 Å². The summed E-state index contributed by atoms with van der Waals surface area (Å²) < 4.78 is 9.87. The molecule has 1 aromatic rings. The van der Waals surface area contributed by atoms with Crippen molar-refractivity contribution in [1.82, 2.24) is 16.0 Å². The molecule has 0 radical (unpaired) electrons. The molecule has 0 unspecified atom stereocenters. The third-order valence-electron chi connectivity index (χ3n) is 5.09. The van der Waals surface area contributed by atoms with Crippen LogP contribution in [0.4, 0.5) is 15.3 Å². The number of carbonyl (C=O) groups is 5. The molecule has 0 aromatic heterocycles. The summed E-state index contributed by atoms with van der Waals surface area (Å²) in [5.41, 5.74) is 6.97. The van der Waals surface area contributed by atoms with Crippen molar-refractivity contribution in [2.75, 3.05) is 31.6 Å². The van der Waals surface area contributed by atoms with Gasteiger partial charge in [-0.25, -0.2) is 9.59 Å². The molecular formula is C29H47N5O8. The SMILES string of the molecule is C#C.CCC.CCCOCCC(=O)NCC(=O)N[C@@H](CCCNC(N)=O)C(=O)Nc1ccc(COC(=O)O)c(CC)c1. The standard InChI is InChI=1S/C24H37N5O8.C3H8.C2H2/c1-3-11-36-12-9-20(30)27-14-21(31)29-19(6-5-10-26-23(25)33)22(32)28-18-8-7-17(15-37-24(34)35)16(4-2)13-18;1-3-2;1-2/h7-8,13,19H,3-6,9-12,14-15H2,1-2H3,(H,27,30)(H,28,32)(H,29,31)(H,34,35)(H3,25,26,33);3H2,1-2H3;1-2H/t19-;;/m0../s1. The second-order valence-corrected chi connectivity index (χ2v) is 8.78. The zero-order valence-electron chi connectivity index (χ0n) is 25.1. The average molecular weight is 594 g/mol. The first-order valence-electron chi connectivity index (χ1n) is 13.9. The number of amides is 5. The fraction of sp³-hybridized carbons (Fsp3) is 0.552. The summed E-state index contributed by atoms with van der Waals surface area (Å²) in [7, 11) is 0. The molecule has 0 heterocycles. The van der Waals surface area contributed by atoms with Crippen molar-refractivity contribution in [1.29, 1.82) is 0 Å². The molecule has 42 heavy (non-hydrogen) atoms. The molecule has 1 atom stereocenters. The Bertz CT molecular complexity index is 984. The molecule has 0 bridgehead atoms. The van der Waals surface area contributed by atoms with Crippen LogP contribution in [0.25, 0.3) is 0 Å². The van der Waals surface area contributed by atoms with Gasteiger partial charge in [-0.2, -0.15) is 0 Å². The third-order valence-corrected chi connectivity index (χ3v) is 5.09. The minimum absolute atomic E-state index is 0.114. The quantitative estimate of drug-likeness (QED) is 0.0900. The van der Waals surface area contributed by atoms with Crippen LogP contribution in [-0.2, 0) is 36.9 Å². The number of anilines is 1. The van der Waals surface area contributed by atoms with E-state index in [1.165, 1.54) is 6.42 Å². The third kappa shape index (κ3) is 20.6. The number of benzene rings is 1. The Kier molecular flexibility index (Phi) is 24.3. The van der Waals surface area contributed by atoms with Crippen LogP contribution in [-0.4, -0.2) is 67.4 Å². The molecule has 0 aliphatic heterocycles. The molecule has 13 heteroatoms. The number of ether oxygens (including phenoxy) is 2. The van der Waals surface area contributed by atoms with Gasteiger partial charge in [-0.3, -0.25) is 14.4 Å². The van der Waals surface area contributed by atoms with Crippen molar-refractivity contribution >= 4 is 35.6 Å². The summed E-state index contributed by atoms with van der Waals surface area (Å²) >= 11 is 0. The van der Waals surface area contributed by atoms with E-state index in [0.717, 1.165) is 12.0 Å². The van der Waals surface area contributed by atoms with E-state index in [1.807, 2.05) is 13.8 Å². The van der Waals surface area contributed by atoms with Gasteiger partial charge in [0, 0.05) is 25.3 Å². The monoisotopic (exact) mass is 593 g/mol. The lowest BCUT2D eigenvalue weighted by molar-refractivity contribution is -0.128. The van der Waals surface area contributed by atoms with Crippen LogP contribution in [0.1, 0.15) is 70.9 Å². The number of carboxylic acid groups (broad SMARTS) is 1. The van der Waals surface area contributed by atoms with Crippen LogP contribution in [0.5, 0.6) is 0 Å². The molecule has 0 aliphatic carbocycles. The number of nitrogens with one attached hydrogen (secondary N) is 4. The molecule has 0 fully saturated rings. The number of hydrogen-bond donors (Lipinski definition) is 6. The second-order valence-electron chi connectivity index (χ2n) is 8.78. The van der Waals surface area contributed by atoms with E-state index in [1.54, 1.807) is 18.2 Å². The molecule has 236 valence electrons. The van der Waals surface area contributed by atoms with Crippen LogP contribution in [0, 0.1) is 12.8 Å². The summed E-state index contributed by atoms with van der Waals surface area (Å²) in [5, 5.41) is 19.0. The number of rotatable bonds is 17. The Balaban J connectivity index is 0. The Hall–Kier alpha value is -4.31. The van der Waals surface area contributed by atoms with Gasteiger partial charge in [0.2, 0.25) is 17.7 Å². The lowest BCUT2D eigenvalue weighted by atomic mass is 10.0. The van der Waals surface area contributed by atoms with Gasteiger partial charge in [-0.05, 0) is 48.9 Å². The van der Waals surface area contributed by atoms with E-state index < -0.39 is 30.0 Å². The Morgan fingerprint density at radius 2 is 1.64 bits per heavy atom. The summed E-state index contributed by atoms with van der Waals surface area (Å²) in [6, 6.07) is 3.31. The van der Waals surface area contributed by atoms with Gasteiger partial charge in [0.25, 0.3) is 0 Å². The second kappa shape index (κ2) is 25.6. The highest BCUT2D eigenvalue weighted by molar-refractivity contribution is 5.97. The van der Waals surface area contributed by atoms with E-state index in [2.05, 4.69) is 52.7 Å².